The third-order valence-electron chi connectivity index (χ3n) is 3.28. The topological polar surface area (TPSA) is 23.8 Å². The number of hydrogen-bond donors (Lipinski definition) is 0. The average Bonchev–Trinajstić information content (AvgIpc) is 2.40. The van der Waals surface area contributed by atoms with E-state index in [2.05, 4.69) is 61.6 Å². The fraction of sp³-hybridized carbons (Fsp3) is 0.188. The second kappa shape index (κ2) is 5.20. The van der Waals surface area contributed by atoms with E-state index in [9.17, 15) is 0 Å². The van der Waals surface area contributed by atoms with Crippen LogP contribution in [0, 0.1) is 11.3 Å². The van der Waals surface area contributed by atoms with E-state index in [0.29, 0.717) is 0 Å². The Balaban J connectivity index is 2.20. The van der Waals surface area contributed by atoms with Gasteiger partial charge in [0.2, 0.25) is 0 Å². The monoisotopic (exact) mass is 251 g/mol. The summed E-state index contributed by atoms with van der Waals surface area (Å²) in [5, 5.41) is 10.3. The fourth-order valence-electron chi connectivity index (χ4n) is 2.20. The molecule has 0 fully saturated rings. The van der Waals surface area contributed by atoms with Gasteiger partial charge in [-0.25, -0.2) is 0 Å². The molecule has 0 aliphatic carbocycles. The molecule has 2 aromatic carbocycles. The Morgan fingerprint density at radius 3 is 2.11 bits per heavy atom. The van der Waals surface area contributed by atoms with Crippen molar-refractivity contribution >= 4 is 13.3 Å². The molecule has 18 heavy (non-hydrogen) atoms. The summed E-state index contributed by atoms with van der Waals surface area (Å²) in [5.74, 6) is 0. The molecule has 0 spiro atoms. The van der Waals surface area contributed by atoms with Gasteiger partial charge in [-0.1, -0.05) is 66.3 Å². The average molecular weight is 251 g/mol. The Morgan fingerprint density at radius 1 is 0.944 bits per heavy atom. The zero-order valence-corrected chi connectivity index (χ0v) is 11.9. The molecule has 0 saturated carbocycles. The molecular formula is C16H17NSi. The molecule has 90 valence electrons. The predicted molar refractivity (Wildman–Crippen MR) is 78.4 cm³/mol. The first-order valence-electron chi connectivity index (χ1n) is 6.16. The third kappa shape index (κ3) is 2.88. The van der Waals surface area contributed by atoms with Crippen LogP contribution in [0.4, 0.5) is 0 Å². The van der Waals surface area contributed by atoms with Crippen molar-refractivity contribution in [1.82, 2.24) is 0 Å². The Bertz CT molecular complexity index is 550. The zero-order valence-electron chi connectivity index (χ0n) is 10.9. The number of nitriles is 1. The molecule has 0 bridgehead atoms. The summed E-state index contributed by atoms with van der Waals surface area (Å²) in [6.07, 6.45) is 0. The van der Waals surface area contributed by atoms with Gasteiger partial charge in [-0.3, -0.25) is 0 Å². The largest absolute Gasteiger partial charge is 0.192 e. The number of nitrogens with zero attached hydrogens (tertiary/aromatic N) is 1. The maximum Gasteiger partial charge on any atom is 0.0991 e. The van der Waals surface area contributed by atoms with Crippen LogP contribution in [0.3, 0.4) is 0 Å². The molecule has 0 atom stereocenters. The molecule has 2 aromatic rings. The quantitative estimate of drug-likeness (QED) is 0.768. The Kier molecular flexibility index (Phi) is 3.64. The first-order valence-corrected chi connectivity index (χ1v) is 9.37. The van der Waals surface area contributed by atoms with Crippen molar-refractivity contribution in [2.75, 3.05) is 0 Å². The maximum atomic E-state index is 8.80. The van der Waals surface area contributed by atoms with Crippen molar-refractivity contribution < 1.29 is 0 Å². The van der Waals surface area contributed by atoms with Crippen LogP contribution >= 0.6 is 0 Å². The van der Waals surface area contributed by atoms with Crippen LogP contribution in [0.1, 0.15) is 11.1 Å². The SMILES string of the molecule is C[Si](C)(Cc1ccc(C#N)cc1)c1ccccc1. The Hall–Kier alpha value is -1.85. The van der Waals surface area contributed by atoms with E-state index < -0.39 is 8.07 Å². The van der Waals surface area contributed by atoms with Crippen molar-refractivity contribution in [3.05, 3.63) is 65.7 Å². The zero-order chi connectivity index (χ0) is 13.0. The Morgan fingerprint density at radius 2 is 1.56 bits per heavy atom. The third-order valence-corrected chi connectivity index (χ3v) is 6.47. The summed E-state index contributed by atoms with van der Waals surface area (Å²) in [5.41, 5.74) is 2.06. The van der Waals surface area contributed by atoms with Gasteiger partial charge in [-0.05, 0) is 18.2 Å². The van der Waals surface area contributed by atoms with E-state index in [1.165, 1.54) is 10.8 Å². The molecule has 0 aliphatic heterocycles. The van der Waals surface area contributed by atoms with E-state index in [1.54, 1.807) is 0 Å². The highest BCUT2D eigenvalue weighted by Gasteiger charge is 2.23. The molecule has 0 heterocycles. The summed E-state index contributed by atoms with van der Waals surface area (Å²) in [6, 6.07) is 22.0. The fourth-order valence-corrected chi connectivity index (χ4v) is 4.75. The van der Waals surface area contributed by atoms with Crippen LogP contribution in [0.2, 0.25) is 13.1 Å². The van der Waals surface area contributed by atoms with Crippen molar-refractivity contribution in [3.63, 3.8) is 0 Å². The molecule has 1 nitrogen and oxygen atoms in total. The van der Waals surface area contributed by atoms with Gasteiger partial charge in [0.05, 0.1) is 19.7 Å². The lowest BCUT2D eigenvalue weighted by atomic mass is 10.2. The minimum absolute atomic E-state index is 0.734. The molecule has 0 amide bonds. The lowest BCUT2D eigenvalue weighted by Crippen LogP contribution is -2.43. The molecule has 0 saturated heterocycles. The van der Waals surface area contributed by atoms with Gasteiger partial charge >= 0.3 is 0 Å². The highest BCUT2D eigenvalue weighted by Crippen LogP contribution is 2.13. The number of hydrogen-bond acceptors (Lipinski definition) is 1. The van der Waals surface area contributed by atoms with Crippen LogP contribution in [-0.2, 0) is 6.04 Å². The molecule has 0 N–H and O–H groups in total. The van der Waals surface area contributed by atoms with Crippen LogP contribution in [-0.4, -0.2) is 8.07 Å². The summed E-state index contributed by atoms with van der Waals surface area (Å²) in [4.78, 5) is 0. The van der Waals surface area contributed by atoms with Crippen LogP contribution in [0.15, 0.2) is 54.6 Å². The van der Waals surface area contributed by atoms with Crippen LogP contribution < -0.4 is 5.19 Å². The summed E-state index contributed by atoms with van der Waals surface area (Å²) < 4.78 is 0. The molecule has 0 radical (unpaired) electrons. The van der Waals surface area contributed by atoms with E-state index in [4.69, 9.17) is 5.26 Å². The van der Waals surface area contributed by atoms with E-state index in [0.717, 1.165) is 11.6 Å². The maximum absolute atomic E-state index is 8.80. The lowest BCUT2D eigenvalue weighted by Gasteiger charge is -2.23. The standard InChI is InChI=1S/C16H17NSi/c1-18(2,16-6-4-3-5-7-16)13-15-10-8-14(12-17)9-11-15/h3-11H,13H2,1-2H3. The lowest BCUT2D eigenvalue weighted by molar-refractivity contribution is 1.31. The van der Waals surface area contributed by atoms with Crippen molar-refractivity contribution in [1.29, 1.82) is 5.26 Å². The van der Waals surface area contributed by atoms with Crippen molar-refractivity contribution in [3.8, 4) is 6.07 Å². The highest BCUT2D eigenvalue weighted by molar-refractivity contribution is 6.89. The Labute approximate surface area is 110 Å². The molecule has 2 heteroatoms. The van der Waals surface area contributed by atoms with E-state index >= 15 is 0 Å². The van der Waals surface area contributed by atoms with Crippen molar-refractivity contribution in [2.45, 2.75) is 19.1 Å². The molecule has 0 unspecified atom stereocenters. The second-order valence-corrected chi connectivity index (χ2v) is 9.93. The number of benzene rings is 2. The van der Waals surface area contributed by atoms with E-state index in [1.807, 2.05) is 12.1 Å². The van der Waals surface area contributed by atoms with Gasteiger partial charge < -0.3 is 0 Å². The molecule has 0 aromatic heterocycles. The minimum Gasteiger partial charge on any atom is -0.192 e. The number of rotatable bonds is 3. The first kappa shape index (κ1) is 12.6. The highest BCUT2D eigenvalue weighted by atomic mass is 28.3. The van der Waals surface area contributed by atoms with Gasteiger partial charge in [-0.15, -0.1) is 0 Å². The molecular weight excluding hydrogens is 234 g/mol. The van der Waals surface area contributed by atoms with Gasteiger partial charge in [0, 0.05) is 0 Å². The minimum atomic E-state index is -1.43. The van der Waals surface area contributed by atoms with E-state index in [-0.39, 0.29) is 0 Å². The summed E-state index contributed by atoms with van der Waals surface area (Å²) in [7, 11) is -1.43. The normalized spacial score (nSPS) is 10.9. The van der Waals surface area contributed by atoms with Gasteiger partial charge in [0.25, 0.3) is 0 Å². The predicted octanol–water partition coefficient (Wildman–Crippen LogP) is 3.26. The van der Waals surface area contributed by atoms with Crippen LogP contribution in [0.25, 0.3) is 0 Å². The summed E-state index contributed by atoms with van der Waals surface area (Å²) >= 11 is 0. The van der Waals surface area contributed by atoms with Gasteiger partial charge in [-0.2, -0.15) is 5.26 Å². The summed E-state index contributed by atoms with van der Waals surface area (Å²) in [6.45, 7) is 4.78. The van der Waals surface area contributed by atoms with Gasteiger partial charge in [0.15, 0.2) is 0 Å². The second-order valence-electron chi connectivity index (χ2n) is 5.24. The molecule has 2 rings (SSSR count). The van der Waals surface area contributed by atoms with Gasteiger partial charge in [0.1, 0.15) is 0 Å². The molecule has 0 aliphatic rings. The van der Waals surface area contributed by atoms with Crippen LogP contribution in [0.5, 0.6) is 0 Å². The van der Waals surface area contributed by atoms with Crippen molar-refractivity contribution in [2.24, 2.45) is 0 Å². The first-order chi connectivity index (χ1) is 8.62. The smallest absolute Gasteiger partial charge is 0.0991 e.